The minimum Gasteiger partial charge on any atom is -0.461 e. The van der Waals surface area contributed by atoms with Crippen molar-refractivity contribution in [1.82, 2.24) is 14.9 Å². The van der Waals surface area contributed by atoms with E-state index in [-0.39, 0.29) is 36.1 Å². The van der Waals surface area contributed by atoms with Crippen LogP contribution >= 0.6 is 0 Å². The molecule has 4 fully saturated rings. The van der Waals surface area contributed by atoms with Gasteiger partial charge in [-0.1, -0.05) is 18.1 Å². The summed E-state index contributed by atoms with van der Waals surface area (Å²) in [6.45, 7) is 9.08. The van der Waals surface area contributed by atoms with Gasteiger partial charge in [0.1, 0.15) is 12.4 Å². The number of alkyl halides is 3. The van der Waals surface area contributed by atoms with Gasteiger partial charge in [-0.2, -0.15) is 23.1 Å². The van der Waals surface area contributed by atoms with Crippen molar-refractivity contribution in [2.24, 2.45) is 5.41 Å². The molecule has 7 rings (SSSR count). The van der Waals surface area contributed by atoms with E-state index < -0.39 is 40.5 Å². The van der Waals surface area contributed by atoms with Crippen LogP contribution in [0.25, 0.3) is 0 Å². The normalized spacial score (nSPS) is 29.3. The smallest absolute Gasteiger partial charge is 0.418 e. The Hall–Kier alpha value is -3.40. The van der Waals surface area contributed by atoms with Gasteiger partial charge in [-0.05, 0) is 69.9 Å². The quantitative estimate of drug-likeness (QED) is 0.196. The average Bonchev–Trinajstić information content (AvgIpc) is 3.51. The fourth-order valence-electron chi connectivity index (χ4n) is 8.59. The van der Waals surface area contributed by atoms with Crippen molar-refractivity contribution in [3.05, 3.63) is 52.0 Å². The number of halogens is 4. The Labute approximate surface area is 266 Å². The lowest BCUT2D eigenvalue weighted by Crippen LogP contribution is -2.53. The molecule has 3 saturated heterocycles. The van der Waals surface area contributed by atoms with Gasteiger partial charge in [0.05, 0.1) is 41.3 Å². The zero-order valence-corrected chi connectivity index (χ0v) is 26.0. The van der Waals surface area contributed by atoms with Crippen molar-refractivity contribution in [3.63, 3.8) is 0 Å². The van der Waals surface area contributed by atoms with E-state index in [1.807, 2.05) is 0 Å². The van der Waals surface area contributed by atoms with Crippen LogP contribution in [0.5, 0.6) is 6.01 Å². The fourth-order valence-corrected chi connectivity index (χ4v) is 8.59. The third-order valence-corrected chi connectivity index (χ3v) is 10.6. The Bertz CT molecular complexity index is 1620. The molecule has 5 aliphatic rings. The summed E-state index contributed by atoms with van der Waals surface area (Å²) in [7, 11) is 0. The predicted molar refractivity (Wildman–Crippen MR) is 164 cm³/mol. The predicted octanol–water partition coefficient (Wildman–Crippen LogP) is 5.32. The number of piperidine rings is 1. The highest BCUT2D eigenvalue weighted by molar-refractivity contribution is 5.59. The molecule has 46 heavy (non-hydrogen) atoms. The van der Waals surface area contributed by atoms with E-state index in [0.29, 0.717) is 30.2 Å². The molecular formula is C34H39F4N5O3. The highest BCUT2D eigenvalue weighted by Gasteiger charge is 2.49. The second-order valence-corrected chi connectivity index (χ2v) is 13.8. The second kappa shape index (κ2) is 11.4. The van der Waals surface area contributed by atoms with Gasteiger partial charge in [-0.15, -0.1) is 5.92 Å². The lowest BCUT2D eigenvalue weighted by atomic mass is 9.62. The second-order valence-electron chi connectivity index (χ2n) is 13.8. The zero-order chi connectivity index (χ0) is 32.4. The maximum atomic E-state index is 15.6. The third-order valence-electron chi connectivity index (χ3n) is 10.6. The Morgan fingerprint density at radius 3 is 2.74 bits per heavy atom. The standard InChI is InChI=1S/C34H39F4N5O3/c1-3-6-21-11-24(39)29(35)27(28(21)34(36,37)38)26-12-25-23(17-45-26)30(42-9-4-7-32(18-42)14-22(44)15-32)41-31(40-25)46-19-33-8-5-10-43(33)16-20(2)13-33/h11,22,26,44H,2,4-5,7-10,12-19,39H2,1H3/t22?,26-,32?,33-/m1/s1. The minimum absolute atomic E-state index is 0.00881. The molecule has 2 atom stereocenters. The zero-order valence-electron chi connectivity index (χ0n) is 26.0. The maximum absolute atomic E-state index is 15.6. The molecule has 246 valence electrons. The molecule has 4 aliphatic heterocycles. The molecule has 1 aromatic carbocycles. The van der Waals surface area contributed by atoms with Crippen molar-refractivity contribution >= 4 is 11.5 Å². The Balaban J connectivity index is 1.27. The van der Waals surface area contributed by atoms with Crippen LogP contribution in [-0.4, -0.2) is 64.4 Å². The molecule has 1 spiro atoms. The Kier molecular flexibility index (Phi) is 7.73. The molecule has 0 unspecified atom stereocenters. The van der Waals surface area contributed by atoms with E-state index in [0.717, 1.165) is 76.2 Å². The van der Waals surface area contributed by atoms with Crippen LogP contribution in [0.1, 0.15) is 85.9 Å². The van der Waals surface area contributed by atoms with E-state index >= 15 is 4.39 Å². The first-order valence-electron chi connectivity index (χ1n) is 16.0. The summed E-state index contributed by atoms with van der Waals surface area (Å²) in [5, 5.41) is 10.1. The minimum atomic E-state index is -4.90. The summed E-state index contributed by atoms with van der Waals surface area (Å²) in [5.41, 5.74) is 5.28. The number of nitrogens with two attached hydrogens (primary N) is 1. The number of fused-ring (bicyclic) bond motifs is 2. The molecule has 0 amide bonds. The molecule has 0 radical (unpaired) electrons. The number of rotatable bonds is 5. The van der Waals surface area contributed by atoms with Crippen LogP contribution in [0, 0.1) is 23.1 Å². The summed E-state index contributed by atoms with van der Waals surface area (Å²) in [6.07, 6.45) is -0.424. The first-order chi connectivity index (χ1) is 21.9. The van der Waals surface area contributed by atoms with Crippen molar-refractivity contribution in [1.29, 1.82) is 0 Å². The van der Waals surface area contributed by atoms with Crippen LogP contribution in [0.4, 0.5) is 29.1 Å². The van der Waals surface area contributed by atoms with Crippen LogP contribution in [-0.2, 0) is 23.9 Å². The number of nitrogen functional groups attached to an aromatic ring is 1. The van der Waals surface area contributed by atoms with Gasteiger partial charge in [-0.25, -0.2) is 4.39 Å². The lowest BCUT2D eigenvalue weighted by molar-refractivity contribution is -0.140. The molecule has 12 heteroatoms. The Morgan fingerprint density at radius 2 is 2.00 bits per heavy atom. The van der Waals surface area contributed by atoms with Crippen LogP contribution in [0.3, 0.4) is 0 Å². The van der Waals surface area contributed by atoms with Crippen molar-refractivity contribution in [2.75, 3.05) is 43.4 Å². The summed E-state index contributed by atoms with van der Waals surface area (Å²) in [5.74, 6) is 4.37. The van der Waals surface area contributed by atoms with Crippen LogP contribution in [0.2, 0.25) is 0 Å². The fraction of sp³-hybridized carbons (Fsp3) is 0.588. The van der Waals surface area contributed by atoms with Gasteiger partial charge in [0, 0.05) is 42.7 Å². The number of nitrogens with zero attached hydrogens (tertiary/aromatic N) is 4. The van der Waals surface area contributed by atoms with Gasteiger partial charge in [0.2, 0.25) is 0 Å². The van der Waals surface area contributed by atoms with Gasteiger partial charge in [0.15, 0.2) is 5.82 Å². The number of hydrogen-bond donors (Lipinski definition) is 2. The molecule has 1 saturated carbocycles. The van der Waals surface area contributed by atoms with Gasteiger partial charge >= 0.3 is 12.2 Å². The summed E-state index contributed by atoms with van der Waals surface area (Å²) in [6, 6.07) is 1.07. The number of aliphatic hydroxyl groups is 1. The van der Waals surface area contributed by atoms with E-state index in [2.05, 4.69) is 28.2 Å². The SMILES string of the molecule is C=C1CN2CCC[C@]2(COc2nc3c(c(N4CCCC5(CC(O)C5)C4)n2)CO[C@@H](c2c(F)c(N)cc(C#CC)c2C(F)(F)F)C3)C1. The largest absolute Gasteiger partial charge is 0.461 e. The number of ether oxygens (including phenoxy) is 2. The lowest BCUT2D eigenvalue weighted by Gasteiger charge is -2.51. The van der Waals surface area contributed by atoms with Crippen LogP contribution < -0.4 is 15.4 Å². The highest BCUT2D eigenvalue weighted by atomic mass is 19.4. The molecule has 8 nitrogen and oxygen atoms in total. The van der Waals surface area contributed by atoms with Gasteiger partial charge in [0.25, 0.3) is 0 Å². The van der Waals surface area contributed by atoms with E-state index in [1.54, 1.807) is 0 Å². The number of hydrogen-bond acceptors (Lipinski definition) is 8. The number of aliphatic hydroxyl groups excluding tert-OH is 1. The Morgan fingerprint density at radius 1 is 1.22 bits per heavy atom. The summed E-state index contributed by atoms with van der Waals surface area (Å²) in [4.78, 5) is 14.2. The molecule has 5 heterocycles. The molecular weight excluding hydrogens is 602 g/mol. The highest BCUT2D eigenvalue weighted by Crippen LogP contribution is 2.50. The van der Waals surface area contributed by atoms with Crippen molar-refractivity contribution < 1.29 is 32.1 Å². The van der Waals surface area contributed by atoms with E-state index in [1.165, 1.54) is 6.92 Å². The number of aromatic nitrogens is 2. The topological polar surface area (TPSA) is 97.0 Å². The molecule has 2 aromatic rings. The van der Waals surface area contributed by atoms with E-state index in [4.69, 9.17) is 25.2 Å². The third kappa shape index (κ3) is 5.40. The van der Waals surface area contributed by atoms with Crippen LogP contribution in [0.15, 0.2) is 18.2 Å². The average molecular weight is 642 g/mol. The van der Waals surface area contributed by atoms with Crippen molar-refractivity contribution in [2.45, 2.75) is 88.8 Å². The van der Waals surface area contributed by atoms with Gasteiger partial charge in [-0.3, -0.25) is 4.90 Å². The summed E-state index contributed by atoms with van der Waals surface area (Å²) < 4.78 is 71.4. The molecule has 1 aromatic heterocycles. The maximum Gasteiger partial charge on any atom is 0.418 e. The number of anilines is 2. The monoisotopic (exact) mass is 641 g/mol. The molecule has 3 N–H and O–H groups in total. The molecule has 0 bridgehead atoms. The first kappa shape index (κ1) is 31.2. The van der Waals surface area contributed by atoms with E-state index in [9.17, 15) is 18.3 Å². The van der Waals surface area contributed by atoms with Gasteiger partial charge < -0.3 is 25.2 Å². The summed E-state index contributed by atoms with van der Waals surface area (Å²) >= 11 is 0. The number of benzene rings is 1. The first-order valence-corrected chi connectivity index (χ1v) is 16.0. The molecule has 1 aliphatic carbocycles. The van der Waals surface area contributed by atoms with Crippen molar-refractivity contribution in [3.8, 4) is 17.9 Å².